The van der Waals surface area contributed by atoms with Gasteiger partial charge in [-0.25, -0.2) is 9.97 Å². The number of nitrogens with zero attached hydrogens (tertiary/aromatic N) is 2. The highest BCUT2D eigenvalue weighted by Gasteiger charge is 2.07. The van der Waals surface area contributed by atoms with Crippen LogP contribution in [0.1, 0.15) is 33.5 Å². The molecule has 0 aliphatic rings. The fourth-order valence-corrected chi connectivity index (χ4v) is 2.36. The molecule has 0 aliphatic carbocycles. The van der Waals surface area contributed by atoms with Crippen molar-refractivity contribution in [1.82, 2.24) is 9.97 Å². The summed E-state index contributed by atoms with van der Waals surface area (Å²) < 4.78 is 5.39. The predicted octanol–water partition coefficient (Wildman–Crippen LogP) is 3.00. The second-order valence-electron chi connectivity index (χ2n) is 4.43. The van der Waals surface area contributed by atoms with Gasteiger partial charge in [0.25, 0.3) is 0 Å². The minimum atomic E-state index is 0.379. The summed E-state index contributed by atoms with van der Waals surface area (Å²) in [6, 6.07) is 2.33. The minimum absolute atomic E-state index is 0.379. The molecule has 0 aromatic carbocycles. The molecule has 0 radical (unpaired) electrons. The van der Waals surface area contributed by atoms with Crippen molar-refractivity contribution < 1.29 is 4.74 Å². The van der Waals surface area contributed by atoms with E-state index in [-0.39, 0.29) is 0 Å². The Morgan fingerprint density at radius 2 is 2.00 bits per heavy atom. The molecule has 114 valence electrons. The molecule has 0 saturated heterocycles. The van der Waals surface area contributed by atoms with Crippen LogP contribution in [0.15, 0.2) is 6.07 Å². The summed E-state index contributed by atoms with van der Waals surface area (Å²) in [4.78, 5) is 8.94. The van der Waals surface area contributed by atoms with Crippen LogP contribution in [0.25, 0.3) is 0 Å². The Balaban J connectivity index is 2.73. The molecular weight excluding hydrogens is 272 g/mol. The molecule has 0 spiro atoms. The van der Waals surface area contributed by atoms with Crippen molar-refractivity contribution in [2.45, 2.75) is 40.3 Å². The number of thioether (sulfide) groups is 1. The van der Waals surface area contributed by atoms with Crippen LogP contribution in [0.4, 0.5) is 11.6 Å². The van der Waals surface area contributed by atoms with Crippen molar-refractivity contribution in [2.75, 3.05) is 35.3 Å². The maximum absolute atomic E-state index is 5.39. The first kappa shape index (κ1) is 17.0. The molecule has 0 bridgehead atoms. The molecule has 1 aromatic heterocycles. The zero-order valence-corrected chi connectivity index (χ0v) is 13.7. The largest absolute Gasteiger partial charge is 0.374 e. The summed E-state index contributed by atoms with van der Waals surface area (Å²) in [5.41, 5.74) is 0. The average Bonchev–Trinajstić information content (AvgIpc) is 2.43. The average molecular weight is 298 g/mol. The lowest BCUT2D eigenvalue weighted by Gasteiger charge is -2.15. The van der Waals surface area contributed by atoms with E-state index in [1.165, 1.54) is 0 Å². The van der Waals surface area contributed by atoms with E-state index in [2.05, 4.69) is 41.4 Å². The smallest absolute Gasteiger partial charge is 0.158 e. The number of rotatable bonds is 10. The van der Waals surface area contributed by atoms with Gasteiger partial charge < -0.3 is 15.4 Å². The van der Waals surface area contributed by atoms with E-state index >= 15 is 0 Å². The minimum Gasteiger partial charge on any atom is -0.374 e. The van der Waals surface area contributed by atoms with Gasteiger partial charge in [0.1, 0.15) is 18.2 Å². The third kappa shape index (κ3) is 6.43. The molecule has 1 aromatic rings. The number of hydrogen-bond acceptors (Lipinski definition) is 6. The quantitative estimate of drug-likeness (QED) is 0.692. The van der Waals surface area contributed by atoms with Gasteiger partial charge in [-0.3, -0.25) is 0 Å². The third-order valence-electron chi connectivity index (χ3n) is 2.53. The van der Waals surface area contributed by atoms with E-state index in [9.17, 15) is 0 Å². The van der Waals surface area contributed by atoms with Crippen LogP contribution >= 0.6 is 11.8 Å². The van der Waals surface area contributed by atoms with Crippen molar-refractivity contribution in [3.05, 3.63) is 11.9 Å². The standard InChI is InChI=1S/C14H26N4OS/c1-5-15-12-8-13(16-11(4)10-20-7-3)18-14(17-12)9-19-6-2/h8,11H,5-7,9-10H2,1-4H3,(H2,15,16,17,18). The summed E-state index contributed by atoms with van der Waals surface area (Å²) in [6.07, 6.45) is 0. The highest BCUT2D eigenvalue weighted by atomic mass is 32.2. The van der Waals surface area contributed by atoms with Crippen LogP contribution in [0.3, 0.4) is 0 Å². The number of nitrogens with one attached hydrogen (secondary N) is 2. The van der Waals surface area contributed by atoms with Gasteiger partial charge in [-0.15, -0.1) is 0 Å². The summed E-state index contributed by atoms with van der Waals surface area (Å²) in [7, 11) is 0. The molecule has 6 heteroatoms. The molecule has 2 N–H and O–H groups in total. The Hall–Kier alpha value is -1.01. The molecule has 0 aliphatic heterocycles. The lowest BCUT2D eigenvalue weighted by atomic mass is 10.3. The predicted molar refractivity (Wildman–Crippen MR) is 87.6 cm³/mol. The SMILES string of the molecule is CCNc1cc(NC(C)CSCC)nc(COCC)n1. The van der Waals surface area contributed by atoms with Crippen LogP contribution < -0.4 is 10.6 Å². The lowest BCUT2D eigenvalue weighted by molar-refractivity contribution is 0.128. The summed E-state index contributed by atoms with van der Waals surface area (Å²) in [5, 5.41) is 6.65. The summed E-state index contributed by atoms with van der Waals surface area (Å²) in [5.74, 6) is 4.61. The van der Waals surface area contributed by atoms with Gasteiger partial charge in [-0.1, -0.05) is 6.92 Å². The number of hydrogen-bond donors (Lipinski definition) is 2. The van der Waals surface area contributed by atoms with Crippen molar-refractivity contribution in [3.8, 4) is 0 Å². The second-order valence-corrected chi connectivity index (χ2v) is 5.75. The molecule has 1 rings (SSSR count). The van der Waals surface area contributed by atoms with E-state index in [1.807, 2.05) is 24.8 Å². The Kier molecular flexibility index (Phi) is 8.37. The first-order valence-corrected chi connectivity index (χ1v) is 8.38. The summed E-state index contributed by atoms with van der Waals surface area (Å²) >= 11 is 1.92. The van der Waals surface area contributed by atoms with Gasteiger partial charge in [0, 0.05) is 31.0 Å². The van der Waals surface area contributed by atoms with Crippen molar-refractivity contribution in [3.63, 3.8) is 0 Å². The van der Waals surface area contributed by atoms with Crippen LogP contribution in [0.5, 0.6) is 0 Å². The maximum atomic E-state index is 5.39. The van der Waals surface area contributed by atoms with E-state index < -0.39 is 0 Å². The van der Waals surface area contributed by atoms with Gasteiger partial charge >= 0.3 is 0 Å². The Morgan fingerprint density at radius 1 is 1.25 bits per heavy atom. The molecule has 5 nitrogen and oxygen atoms in total. The Bertz CT molecular complexity index is 389. The van der Waals surface area contributed by atoms with Gasteiger partial charge in [0.05, 0.1) is 0 Å². The lowest BCUT2D eigenvalue weighted by Crippen LogP contribution is -2.20. The third-order valence-corrected chi connectivity index (χ3v) is 3.68. The maximum Gasteiger partial charge on any atom is 0.158 e. The van der Waals surface area contributed by atoms with E-state index in [4.69, 9.17) is 4.74 Å². The second kappa shape index (κ2) is 9.83. The van der Waals surface area contributed by atoms with E-state index in [0.717, 1.165) is 29.7 Å². The highest BCUT2D eigenvalue weighted by molar-refractivity contribution is 7.99. The molecule has 0 fully saturated rings. The highest BCUT2D eigenvalue weighted by Crippen LogP contribution is 2.14. The van der Waals surface area contributed by atoms with Crippen LogP contribution in [0.2, 0.25) is 0 Å². The fourth-order valence-electron chi connectivity index (χ4n) is 1.69. The zero-order chi connectivity index (χ0) is 14.8. The fraction of sp³-hybridized carbons (Fsp3) is 0.714. The Morgan fingerprint density at radius 3 is 2.65 bits per heavy atom. The van der Waals surface area contributed by atoms with Crippen molar-refractivity contribution in [2.24, 2.45) is 0 Å². The Labute approximate surface area is 126 Å². The van der Waals surface area contributed by atoms with Gasteiger partial charge in [0.15, 0.2) is 5.82 Å². The monoisotopic (exact) mass is 298 g/mol. The van der Waals surface area contributed by atoms with Gasteiger partial charge in [0.2, 0.25) is 0 Å². The van der Waals surface area contributed by atoms with Crippen molar-refractivity contribution >= 4 is 23.4 Å². The molecule has 20 heavy (non-hydrogen) atoms. The van der Waals surface area contributed by atoms with E-state index in [1.54, 1.807) is 0 Å². The molecule has 1 atom stereocenters. The number of anilines is 2. The molecule has 0 saturated carbocycles. The zero-order valence-electron chi connectivity index (χ0n) is 12.9. The molecule has 1 unspecified atom stereocenters. The van der Waals surface area contributed by atoms with Crippen LogP contribution in [-0.2, 0) is 11.3 Å². The van der Waals surface area contributed by atoms with Crippen LogP contribution in [0, 0.1) is 0 Å². The first-order valence-electron chi connectivity index (χ1n) is 7.23. The van der Waals surface area contributed by atoms with Crippen molar-refractivity contribution in [1.29, 1.82) is 0 Å². The van der Waals surface area contributed by atoms with Crippen LogP contribution in [-0.4, -0.2) is 40.7 Å². The van der Waals surface area contributed by atoms with E-state index in [0.29, 0.717) is 25.1 Å². The van der Waals surface area contributed by atoms with Gasteiger partial charge in [-0.2, -0.15) is 11.8 Å². The molecular formula is C14H26N4OS. The topological polar surface area (TPSA) is 59.1 Å². The first-order chi connectivity index (χ1) is 9.69. The normalized spacial score (nSPS) is 12.2. The molecule has 1 heterocycles. The summed E-state index contributed by atoms with van der Waals surface area (Å²) in [6.45, 7) is 10.3. The van der Waals surface area contributed by atoms with Gasteiger partial charge in [-0.05, 0) is 26.5 Å². The number of ether oxygens (including phenoxy) is 1. The number of aromatic nitrogens is 2. The molecule has 0 amide bonds.